The van der Waals surface area contributed by atoms with Gasteiger partial charge in [0, 0.05) is 44.7 Å². The first-order chi connectivity index (χ1) is 10.0. The average molecular weight is 294 g/mol. The molecule has 0 radical (unpaired) electrons. The van der Waals surface area contributed by atoms with Gasteiger partial charge in [0.05, 0.1) is 19.4 Å². The van der Waals surface area contributed by atoms with Crippen molar-refractivity contribution < 1.29 is 9.53 Å². The molecule has 2 heterocycles. The molecule has 6 heteroatoms. The van der Waals surface area contributed by atoms with Crippen molar-refractivity contribution in [3.8, 4) is 0 Å². The highest BCUT2D eigenvalue weighted by Gasteiger charge is 2.22. The molecule has 0 spiro atoms. The Balaban J connectivity index is 1.84. The van der Waals surface area contributed by atoms with Gasteiger partial charge >= 0.3 is 0 Å². The second kappa shape index (κ2) is 7.56. The van der Waals surface area contributed by atoms with Crippen molar-refractivity contribution in [2.24, 2.45) is 5.92 Å². The molecule has 1 aliphatic heterocycles. The number of carbonyl (C=O) groups excluding carboxylic acids is 1. The smallest absolute Gasteiger partial charge is 0.224 e. The summed E-state index contributed by atoms with van der Waals surface area (Å²) in [5.74, 6) is 0.579. The van der Waals surface area contributed by atoms with Gasteiger partial charge in [0.2, 0.25) is 5.91 Å². The fourth-order valence-corrected chi connectivity index (χ4v) is 2.69. The van der Waals surface area contributed by atoms with Gasteiger partial charge in [-0.15, -0.1) is 0 Å². The molecule has 1 saturated heterocycles. The number of nitrogens with zero attached hydrogens (tertiary/aromatic N) is 4. The lowest BCUT2D eigenvalue weighted by molar-refractivity contribution is -0.131. The Kier molecular flexibility index (Phi) is 5.76. The number of aryl methyl sites for hydroxylation is 2. The maximum atomic E-state index is 12.4. The first kappa shape index (κ1) is 16.0. The highest BCUT2D eigenvalue weighted by Crippen LogP contribution is 2.10. The quantitative estimate of drug-likeness (QED) is 0.799. The molecular weight excluding hydrogens is 268 g/mol. The Morgan fingerprint density at radius 1 is 1.52 bits per heavy atom. The highest BCUT2D eigenvalue weighted by atomic mass is 16.5. The van der Waals surface area contributed by atoms with Crippen LogP contribution in [-0.4, -0.2) is 72.4 Å². The zero-order valence-electron chi connectivity index (χ0n) is 13.3. The first-order valence-corrected chi connectivity index (χ1v) is 7.54. The van der Waals surface area contributed by atoms with Crippen molar-refractivity contribution >= 4 is 5.91 Å². The fraction of sp³-hybridized carbons (Fsp3) is 0.733. The number of rotatable bonds is 5. The van der Waals surface area contributed by atoms with Gasteiger partial charge in [-0.2, -0.15) is 5.10 Å². The predicted molar refractivity (Wildman–Crippen MR) is 81.0 cm³/mol. The van der Waals surface area contributed by atoms with E-state index in [4.69, 9.17) is 4.74 Å². The minimum atomic E-state index is 0.192. The predicted octanol–water partition coefficient (Wildman–Crippen LogP) is 0.618. The van der Waals surface area contributed by atoms with Crippen LogP contribution in [0.5, 0.6) is 0 Å². The summed E-state index contributed by atoms with van der Waals surface area (Å²) in [5, 5.41) is 4.22. The lowest BCUT2D eigenvalue weighted by atomic mass is 10.1. The van der Waals surface area contributed by atoms with Gasteiger partial charge in [0.15, 0.2) is 0 Å². The van der Waals surface area contributed by atoms with Crippen molar-refractivity contribution in [2.45, 2.75) is 19.9 Å². The highest BCUT2D eigenvalue weighted by molar-refractivity contribution is 5.76. The number of hydrogen-bond donors (Lipinski definition) is 0. The molecule has 1 aliphatic rings. The second-order valence-electron chi connectivity index (χ2n) is 6.07. The molecular formula is C15H26N4O2. The molecule has 1 atom stereocenters. The molecule has 0 aromatic carbocycles. The van der Waals surface area contributed by atoms with Crippen LogP contribution in [0.15, 0.2) is 12.4 Å². The Hall–Kier alpha value is -1.40. The zero-order valence-corrected chi connectivity index (χ0v) is 13.3. The molecule has 118 valence electrons. The van der Waals surface area contributed by atoms with Crippen LogP contribution in [0.4, 0.5) is 0 Å². The van der Waals surface area contributed by atoms with Gasteiger partial charge in [0.25, 0.3) is 0 Å². The van der Waals surface area contributed by atoms with Crippen LogP contribution in [0.1, 0.15) is 12.0 Å². The van der Waals surface area contributed by atoms with Gasteiger partial charge in [0.1, 0.15) is 0 Å². The number of amides is 1. The number of aromatic nitrogens is 2. The zero-order chi connectivity index (χ0) is 15.2. The molecule has 0 saturated carbocycles. The van der Waals surface area contributed by atoms with E-state index < -0.39 is 0 Å². The summed E-state index contributed by atoms with van der Waals surface area (Å²) in [6, 6.07) is 0. The summed E-state index contributed by atoms with van der Waals surface area (Å²) in [7, 11) is 4.11. The molecule has 1 fully saturated rings. The number of hydrogen-bond acceptors (Lipinski definition) is 4. The van der Waals surface area contributed by atoms with Gasteiger partial charge in [-0.1, -0.05) is 0 Å². The topological polar surface area (TPSA) is 50.6 Å². The van der Waals surface area contributed by atoms with Crippen molar-refractivity contribution in [3.63, 3.8) is 0 Å². The fourth-order valence-electron chi connectivity index (χ4n) is 2.69. The molecule has 0 N–H and O–H groups in total. The largest absolute Gasteiger partial charge is 0.379 e. The van der Waals surface area contributed by atoms with E-state index in [1.165, 1.54) is 0 Å². The SMILES string of the molecule is Cc1cnn(CCC(=O)N2CCOC[C@@H](CN(C)C)C2)c1. The summed E-state index contributed by atoms with van der Waals surface area (Å²) in [4.78, 5) is 16.5. The van der Waals surface area contributed by atoms with Crippen molar-refractivity contribution in [1.82, 2.24) is 19.6 Å². The molecule has 1 aromatic rings. The lowest BCUT2D eigenvalue weighted by Gasteiger charge is -2.25. The summed E-state index contributed by atoms with van der Waals surface area (Å²) < 4.78 is 7.45. The van der Waals surface area contributed by atoms with Crippen LogP contribution in [0, 0.1) is 12.8 Å². The van der Waals surface area contributed by atoms with Crippen LogP contribution in [0.25, 0.3) is 0 Å². The van der Waals surface area contributed by atoms with Gasteiger partial charge in [-0.3, -0.25) is 9.48 Å². The Morgan fingerprint density at radius 2 is 2.33 bits per heavy atom. The molecule has 6 nitrogen and oxygen atoms in total. The van der Waals surface area contributed by atoms with Gasteiger partial charge in [-0.05, 0) is 26.6 Å². The van der Waals surface area contributed by atoms with E-state index in [1.54, 1.807) is 0 Å². The first-order valence-electron chi connectivity index (χ1n) is 7.54. The maximum Gasteiger partial charge on any atom is 0.224 e. The van der Waals surface area contributed by atoms with Crippen LogP contribution < -0.4 is 0 Å². The van der Waals surface area contributed by atoms with Crippen LogP contribution in [0.2, 0.25) is 0 Å². The molecule has 0 aliphatic carbocycles. The third-order valence-electron chi connectivity index (χ3n) is 3.63. The maximum absolute atomic E-state index is 12.4. The van der Waals surface area contributed by atoms with E-state index in [1.807, 2.05) is 28.9 Å². The summed E-state index contributed by atoms with van der Waals surface area (Å²) >= 11 is 0. The summed E-state index contributed by atoms with van der Waals surface area (Å²) in [6.45, 7) is 6.45. The average Bonchev–Trinajstić information content (AvgIpc) is 2.70. The number of carbonyl (C=O) groups is 1. The molecule has 1 amide bonds. The van der Waals surface area contributed by atoms with Crippen molar-refractivity contribution in [3.05, 3.63) is 18.0 Å². The van der Waals surface area contributed by atoms with Crippen LogP contribution >= 0.6 is 0 Å². The monoisotopic (exact) mass is 294 g/mol. The minimum absolute atomic E-state index is 0.192. The molecule has 2 rings (SSSR count). The number of ether oxygens (including phenoxy) is 1. The van der Waals surface area contributed by atoms with E-state index in [2.05, 4.69) is 24.1 Å². The van der Waals surface area contributed by atoms with E-state index in [0.717, 1.165) is 25.3 Å². The Bertz CT molecular complexity index is 458. The Morgan fingerprint density at radius 3 is 3.00 bits per heavy atom. The van der Waals surface area contributed by atoms with E-state index in [9.17, 15) is 4.79 Å². The molecule has 0 unspecified atom stereocenters. The second-order valence-corrected chi connectivity index (χ2v) is 6.07. The standard InChI is InChI=1S/C15H26N4O2/c1-13-8-16-19(9-13)5-4-15(20)18-6-7-21-12-14(11-18)10-17(2)3/h8-9,14H,4-7,10-12H2,1-3H3/t14-/m0/s1. The molecule has 21 heavy (non-hydrogen) atoms. The van der Waals surface area contributed by atoms with E-state index >= 15 is 0 Å². The molecule has 0 bridgehead atoms. The van der Waals surface area contributed by atoms with Crippen molar-refractivity contribution in [2.75, 3.05) is 46.9 Å². The third kappa shape index (κ3) is 5.13. The van der Waals surface area contributed by atoms with E-state index in [0.29, 0.717) is 32.0 Å². The normalized spacial score (nSPS) is 19.8. The van der Waals surface area contributed by atoms with Crippen molar-refractivity contribution in [1.29, 1.82) is 0 Å². The summed E-state index contributed by atoms with van der Waals surface area (Å²) in [5.41, 5.74) is 1.12. The van der Waals surface area contributed by atoms with Crippen LogP contribution in [-0.2, 0) is 16.1 Å². The molecule has 1 aromatic heterocycles. The Labute approximate surface area is 126 Å². The third-order valence-corrected chi connectivity index (χ3v) is 3.63. The van der Waals surface area contributed by atoms with Gasteiger partial charge < -0.3 is 14.5 Å². The van der Waals surface area contributed by atoms with Gasteiger partial charge in [-0.25, -0.2) is 0 Å². The van der Waals surface area contributed by atoms with Crippen LogP contribution in [0.3, 0.4) is 0 Å². The van der Waals surface area contributed by atoms with E-state index in [-0.39, 0.29) is 5.91 Å². The lowest BCUT2D eigenvalue weighted by Crippen LogP contribution is -2.39. The summed E-state index contributed by atoms with van der Waals surface area (Å²) in [6.07, 6.45) is 4.28. The minimum Gasteiger partial charge on any atom is -0.379 e.